The standard InChI is InChI=1S/C21H17N5OS/c1-13-8-9-18(28-13)25-12-10-17-20(21(25)27)26(24-23-17)14(2)16-7-3-5-15-6-4-11-22-19(15)16/h3-12,14H,1-2H3. The molecule has 138 valence electrons. The molecule has 0 aliphatic carbocycles. The van der Waals surface area contributed by atoms with Crippen LogP contribution < -0.4 is 5.56 Å². The van der Waals surface area contributed by atoms with Gasteiger partial charge in [0.1, 0.15) is 10.5 Å². The second kappa shape index (κ2) is 6.38. The first kappa shape index (κ1) is 16.8. The van der Waals surface area contributed by atoms with Crippen LogP contribution >= 0.6 is 11.3 Å². The minimum atomic E-state index is -0.183. The highest BCUT2D eigenvalue weighted by molar-refractivity contribution is 7.14. The fourth-order valence-electron chi connectivity index (χ4n) is 3.54. The van der Waals surface area contributed by atoms with E-state index in [1.54, 1.807) is 33.0 Å². The molecule has 5 aromatic rings. The van der Waals surface area contributed by atoms with Crippen molar-refractivity contribution in [1.29, 1.82) is 0 Å². The predicted molar refractivity (Wildman–Crippen MR) is 111 cm³/mol. The molecule has 0 saturated carbocycles. The van der Waals surface area contributed by atoms with Gasteiger partial charge in [-0.2, -0.15) is 0 Å². The molecule has 0 bridgehead atoms. The fraction of sp³-hybridized carbons (Fsp3) is 0.143. The van der Waals surface area contributed by atoms with Crippen LogP contribution in [0.25, 0.3) is 26.9 Å². The summed E-state index contributed by atoms with van der Waals surface area (Å²) in [5.41, 5.74) is 2.88. The first-order valence-corrected chi connectivity index (χ1v) is 9.82. The van der Waals surface area contributed by atoms with Crippen LogP contribution in [0.3, 0.4) is 0 Å². The third-order valence-electron chi connectivity index (χ3n) is 4.97. The number of para-hydroxylation sites is 1. The summed E-state index contributed by atoms with van der Waals surface area (Å²) in [6.07, 6.45) is 3.54. The molecule has 1 atom stereocenters. The van der Waals surface area contributed by atoms with Crippen molar-refractivity contribution in [1.82, 2.24) is 24.5 Å². The Bertz CT molecular complexity index is 1380. The molecule has 0 spiro atoms. The Balaban J connectivity index is 1.72. The molecule has 4 aromatic heterocycles. The number of nitrogens with zero attached hydrogens (tertiary/aromatic N) is 5. The number of rotatable bonds is 3. The second-order valence-corrected chi connectivity index (χ2v) is 8.01. The monoisotopic (exact) mass is 387 g/mol. The van der Waals surface area contributed by atoms with Crippen molar-refractivity contribution in [3.63, 3.8) is 0 Å². The van der Waals surface area contributed by atoms with Gasteiger partial charge in [-0.25, -0.2) is 4.68 Å². The van der Waals surface area contributed by atoms with Gasteiger partial charge in [0.15, 0.2) is 5.52 Å². The number of benzene rings is 1. The Kier molecular flexibility index (Phi) is 3.84. The Morgan fingerprint density at radius 2 is 1.93 bits per heavy atom. The third-order valence-corrected chi connectivity index (χ3v) is 5.97. The number of hydrogen-bond donors (Lipinski definition) is 0. The molecular formula is C21H17N5OS. The van der Waals surface area contributed by atoms with E-state index in [-0.39, 0.29) is 11.6 Å². The number of hydrogen-bond acceptors (Lipinski definition) is 5. The molecule has 0 aliphatic rings. The summed E-state index contributed by atoms with van der Waals surface area (Å²) < 4.78 is 3.37. The zero-order valence-corrected chi connectivity index (χ0v) is 16.2. The van der Waals surface area contributed by atoms with Gasteiger partial charge in [-0.15, -0.1) is 16.4 Å². The highest BCUT2D eigenvalue weighted by Gasteiger charge is 2.19. The first-order chi connectivity index (χ1) is 13.6. The van der Waals surface area contributed by atoms with Crippen molar-refractivity contribution in [2.45, 2.75) is 19.9 Å². The zero-order valence-electron chi connectivity index (χ0n) is 15.4. The van der Waals surface area contributed by atoms with Gasteiger partial charge in [0.05, 0.1) is 11.6 Å². The van der Waals surface area contributed by atoms with E-state index in [2.05, 4.69) is 15.3 Å². The van der Waals surface area contributed by atoms with Crippen LogP contribution in [-0.4, -0.2) is 24.5 Å². The minimum Gasteiger partial charge on any atom is -0.273 e. The predicted octanol–water partition coefficient (Wildman–Crippen LogP) is 4.11. The number of aryl methyl sites for hydroxylation is 1. The minimum absolute atomic E-state index is 0.121. The summed E-state index contributed by atoms with van der Waals surface area (Å²) >= 11 is 1.58. The molecule has 1 aromatic carbocycles. The van der Waals surface area contributed by atoms with Gasteiger partial charge in [-0.1, -0.05) is 29.5 Å². The summed E-state index contributed by atoms with van der Waals surface area (Å²) in [6, 6.07) is 15.6. The Morgan fingerprint density at radius 3 is 2.75 bits per heavy atom. The van der Waals surface area contributed by atoms with E-state index in [9.17, 15) is 4.79 Å². The number of aromatic nitrogens is 5. The molecule has 0 radical (unpaired) electrons. The molecule has 28 heavy (non-hydrogen) atoms. The maximum atomic E-state index is 13.3. The van der Waals surface area contributed by atoms with E-state index < -0.39 is 0 Å². The molecule has 0 amide bonds. The van der Waals surface area contributed by atoms with Crippen LogP contribution in [0.1, 0.15) is 23.4 Å². The SMILES string of the molecule is Cc1ccc(-n2ccc3nnn(C(C)c4cccc5cccnc45)c3c2=O)s1. The van der Waals surface area contributed by atoms with E-state index in [1.807, 2.05) is 62.4 Å². The number of pyridine rings is 2. The largest absolute Gasteiger partial charge is 0.283 e. The molecule has 0 saturated heterocycles. The van der Waals surface area contributed by atoms with Crippen molar-refractivity contribution in [3.05, 3.63) is 81.7 Å². The van der Waals surface area contributed by atoms with Crippen molar-refractivity contribution in [3.8, 4) is 5.00 Å². The quantitative estimate of drug-likeness (QED) is 0.467. The summed E-state index contributed by atoms with van der Waals surface area (Å²) in [5.74, 6) is 0. The van der Waals surface area contributed by atoms with Gasteiger partial charge in [0, 0.05) is 28.2 Å². The van der Waals surface area contributed by atoms with E-state index in [0.717, 1.165) is 26.3 Å². The van der Waals surface area contributed by atoms with Crippen LogP contribution in [0.15, 0.2) is 65.7 Å². The highest BCUT2D eigenvalue weighted by Crippen LogP contribution is 2.26. The van der Waals surface area contributed by atoms with Crippen molar-refractivity contribution >= 4 is 33.3 Å². The third kappa shape index (κ3) is 2.55. The number of thiophene rings is 1. The summed E-state index contributed by atoms with van der Waals surface area (Å²) in [6.45, 7) is 4.04. The van der Waals surface area contributed by atoms with Crippen molar-refractivity contribution < 1.29 is 0 Å². The molecule has 6 nitrogen and oxygen atoms in total. The molecule has 0 fully saturated rings. The van der Waals surface area contributed by atoms with Gasteiger partial charge in [-0.3, -0.25) is 14.3 Å². The maximum Gasteiger partial charge on any atom is 0.283 e. The Labute approximate surface area is 164 Å². The van der Waals surface area contributed by atoms with E-state index in [1.165, 1.54) is 0 Å². The summed E-state index contributed by atoms with van der Waals surface area (Å²) in [5, 5.41) is 10.5. The first-order valence-electron chi connectivity index (χ1n) is 9.00. The molecule has 0 aliphatic heterocycles. The summed E-state index contributed by atoms with van der Waals surface area (Å²) in [7, 11) is 0. The summed E-state index contributed by atoms with van der Waals surface area (Å²) in [4.78, 5) is 19.0. The van der Waals surface area contributed by atoms with Gasteiger partial charge in [0.25, 0.3) is 5.56 Å². The highest BCUT2D eigenvalue weighted by atomic mass is 32.1. The van der Waals surface area contributed by atoms with Crippen molar-refractivity contribution in [2.24, 2.45) is 0 Å². The molecule has 4 heterocycles. The van der Waals surface area contributed by atoms with Crippen LogP contribution in [0, 0.1) is 6.92 Å². The molecule has 0 N–H and O–H groups in total. The van der Waals surface area contributed by atoms with E-state index in [4.69, 9.17) is 0 Å². The average molecular weight is 387 g/mol. The smallest absolute Gasteiger partial charge is 0.273 e. The zero-order chi connectivity index (χ0) is 19.3. The second-order valence-electron chi connectivity index (χ2n) is 6.74. The molecule has 7 heteroatoms. The van der Waals surface area contributed by atoms with E-state index in [0.29, 0.717) is 11.0 Å². The topological polar surface area (TPSA) is 65.6 Å². The average Bonchev–Trinajstić information content (AvgIpc) is 3.34. The normalized spacial score (nSPS) is 12.6. The van der Waals surface area contributed by atoms with Crippen molar-refractivity contribution in [2.75, 3.05) is 0 Å². The van der Waals surface area contributed by atoms with Gasteiger partial charge >= 0.3 is 0 Å². The molecule has 5 rings (SSSR count). The lowest BCUT2D eigenvalue weighted by molar-refractivity contribution is 0.560. The van der Waals surface area contributed by atoms with Crippen LogP contribution in [0.4, 0.5) is 0 Å². The molecule has 1 unspecified atom stereocenters. The van der Waals surface area contributed by atoms with Gasteiger partial charge in [-0.05, 0) is 38.1 Å². The van der Waals surface area contributed by atoms with E-state index >= 15 is 0 Å². The maximum absolute atomic E-state index is 13.3. The molecular weight excluding hydrogens is 370 g/mol. The Hall–Kier alpha value is -3.32. The lowest BCUT2D eigenvalue weighted by atomic mass is 10.0. The fourth-order valence-corrected chi connectivity index (χ4v) is 4.39. The lowest BCUT2D eigenvalue weighted by Crippen LogP contribution is -2.21. The lowest BCUT2D eigenvalue weighted by Gasteiger charge is -2.15. The van der Waals surface area contributed by atoms with Crippen LogP contribution in [0.2, 0.25) is 0 Å². The number of fused-ring (bicyclic) bond motifs is 2. The van der Waals surface area contributed by atoms with Crippen LogP contribution in [0.5, 0.6) is 0 Å². The van der Waals surface area contributed by atoms with Gasteiger partial charge in [0.2, 0.25) is 0 Å². The van der Waals surface area contributed by atoms with Gasteiger partial charge < -0.3 is 0 Å². The van der Waals surface area contributed by atoms with Crippen LogP contribution in [-0.2, 0) is 0 Å². The Morgan fingerprint density at radius 1 is 1.07 bits per heavy atom.